The highest BCUT2D eigenvalue weighted by atomic mass is 16.4. The van der Waals surface area contributed by atoms with Crippen LogP contribution in [0, 0.1) is 5.92 Å². The van der Waals surface area contributed by atoms with Crippen molar-refractivity contribution >= 4 is 5.97 Å². The molecule has 0 spiro atoms. The van der Waals surface area contributed by atoms with Crippen molar-refractivity contribution in [1.82, 2.24) is 15.1 Å². The van der Waals surface area contributed by atoms with Gasteiger partial charge in [-0.25, -0.2) is 0 Å². The summed E-state index contributed by atoms with van der Waals surface area (Å²) in [5.74, 6) is -0.0147. The molecular weight excluding hydrogens is 266 g/mol. The number of carboxylic acid groups (broad SMARTS) is 1. The fourth-order valence-corrected chi connectivity index (χ4v) is 2.86. The number of carboxylic acids is 1. The maximum atomic E-state index is 11.2. The molecule has 0 aromatic rings. The van der Waals surface area contributed by atoms with E-state index in [1.54, 1.807) is 14.0 Å². The summed E-state index contributed by atoms with van der Waals surface area (Å²) in [7, 11) is 1.72. The largest absolute Gasteiger partial charge is 0.480 e. The first-order chi connectivity index (χ1) is 9.87. The van der Waals surface area contributed by atoms with E-state index in [-0.39, 0.29) is 0 Å². The van der Waals surface area contributed by atoms with Crippen LogP contribution in [0.3, 0.4) is 0 Å². The van der Waals surface area contributed by atoms with Gasteiger partial charge in [-0.3, -0.25) is 4.79 Å². The van der Waals surface area contributed by atoms with Gasteiger partial charge in [0.2, 0.25) is 0 Å². The molecule has 0 aromatic heterocycles. The van der Waals surface area contributed by atoms with Crippen LogP contribution in [0.4, 0.5) is 0 Å². The Morgan fingerprint density at radius 1 is 1.19 bits per heavy atom. The van der Waals surface area contributed by atoms with Gasteiger partial charge < -0.3 is 20.2 Å². The van der Waals surface area contributed by atoms with Crippen molar-refractivity contribution in [1.29, 1.82) is 0 Å². The van der Waals surface area contributed by atoms with E-state index >= 15 is 0 Å². The summed E-state index contributed by atoms with van der Waals surface area (Å²) < 4.78 is 0. The van der Waals surface area contributed by atoms with Gasteiger partial charge in [-0.1, -0.05) is 13.8 Å². The molecule has 0 aromatic carbocycles. The maximum Gasteiger partial charge on any atom is 0.323 e. The second kappa shape index (κ2) is 8.71. The van der Waals surface area contributed by atoms with Crippen LogP contribution in [0.25, 0.3) is 0 Å². The van der Waals surface area contributed by atoms with Crippen molar-refractivity contribution in [3.63, 3.8) is 0 Å². The minimum atomic E-state index is -0.782. The van der Waals surface area contributed by atoms with Crippen molar-refractivity contribution in [2.45, 2.75) is 45.6 Å². The zero-order valence-electron chi connectivity index (χ0n) is 14.2. The minimum absolute atomic E-state index is 0.687. The Hall–Kier alpha value is -0.650. The molecule has 5 heteroatoms. The zero-order chi connectivity index (χ0) is 15.9. The summed E-state index contributed by atoms with van der Waals surface area (Å²) in [5.41, 5.74) is -0.782. The lowest BCUT2D eigenvalue weighted by molar-refractivity contribution is -0.144. The van der Waals surface area contributed by atoms with Crippen LogP contribution >= 0.6 is 0 Å². The molecule has 1 aliphatic heterocycles. The van der Waals surface area contributed by atoms with Gasteiger partial charge in [-0.2, -0.15) is 0 Å². The predicted molar refractivity (Wildman–Crippen MR) is 86.7 cm³/mol. The molecule has 0 radical (unpaired) electrons. The van der Waals surface area contributed by atoms with Crippen LogP contribution in [-0.4, -0.2) is 72.7 Å². The topological polar surface area (TPSA) is 55.8 Å². The van der Waals surface area contributed by atoms with Crippen LogP contribution in [0.1, 0.15) is 40.0 Å². The summed E-state index contributed by atoms with van der Waals surface area (Å²) in [6, 6.07) is 0. The molecule has 2 N–H and O–H groups in total. The van der Waals surface area contributed by atoms with E-state index in [0.717, 1.165) is 38.4 Å². The highest BCUT2D eigenvalue weighted by Gasteiger charge is 2.30. The first-order valence-corrected chi connectivity index (χ1v) is 8.24. The van der Waals surface area contributed by atoms with Gasteiger partial charge in [-0.15, -0.1) is 0 Å². The number of nitrogens with one attached hydrogen (secondary N) is 1. The lowest BCUT2D eigenvalue weighted by Crippen LogP contribution is -2.48. The fourth-order valence-electron chi connectivity index (χ4n) is 2.86. The molecule has 1 fully saturated rings. The van der Waals surface area contributed by atoms with Crippen LogP contribution in [0.2, 0.25) is 0 Å². The van der Waals surface area contributed by atoms with E-state index in [0.29, 0.717) is 6.42 Å². The number of unbranched alkanes of at least 4 members (excludes halogenated alkanes) is 1. The Labute approximate surface area is 129 Å². The second-order valence-corrected chi connectivity index (χ2v) is 6.88. The third kappa shape index (κ3) is 6.32. The van der Waals surface area contributed by atoms with Crippen molar-refractivity contribution in [2.24, 2.45) is 5.92 Å². The van der Waals surface area contributed by atoms with Gasteiger partial charge in [0.15, 0.2) is 0 Å². The van der Waals surface area contributed by atoms with Gasteiger partial charge >= 0.3 is 5.97 Å². The predicted octanol–water partition coefficient (Wildman–Crippen LogP) is 1.49. The number of hydrogen-bond acceptors (Lipinski definition) is 4. The molecule has 0 bridgehead atoms. The number of nitrogens with zero attached hydrogens (tertiary/aromatic N) is 2. The van der Waals surface area contributed by atoms with Gasteiger partial charge in [0.1, 0.15) is 5.54 Å². The lowest BCUT2D eigenvalue weighted by Gasteiger charge is -2.35. The molecule has 0 amide bonds. The zero-order valence-corrected chi connectivity index (χ0v) is 14.2. The number of likely N-dealkylation sites (N-methyl/N-ethyl adjacent to an activating group) is 1. The van der Waals surface area contributed by atoms with Gasteiger partial charge in [-0.05, 0) is 45.7 Å². The Balaban J connectivity index is 2.16. The smallest absolute Gasteiger partial charge is 0.323 e. The first-order valence-electron chi connectivity index (χ1n) is 8.24. The Morgan fingerprint density at radius 2 is 1.76 bits per heavy atom. The number of hydrogen-bond donors (Lipinski definition) is 2. The Bertz CT molecular complexity index is 315. The fraction of sp³-hybridized carbons (Fsp3) is 0.938. The maximum absolute atomic E-state index is 11.2. The number of piperazine rings is 1. The minimum Gasteiger partial charge on any atom is -0.480 e. The number of aliphatic carboxylic acids is 1. The quantitative estimate of drug-likeness (QED) is 0.632. The second-order valence-electron chi connectivity index (χ2n) is 6.88. The molecule has 124 valence electrons. The van der Waals surface area contributed by atoms with Gasteiger partial charge in [0.25, 0.3) is 0 Å². The molecule has 1 saturated heterocycles. The normalized spacial score (nSPS) is 20.6. The molecule has 1 heterocycles. The third-order valence-corrected chi connectivity index (χ3v) is 4.51. The van der Waals surface area contributed by atoms with E-state index in [1.165, 1.54) is 19.6 Å². The lowest BCUT2D eigenvalue weighted by atomic mass is 9.95. The van der Waals surface area contributed by atoms with Crippen LogP contribution in [-0.2, 0) is 4.79 Å². The molecule has 0 saturated carbocycles. The van der Waals surface area contributed by atoms with E-state index in [1.807, 2.05) is 0 Å². The SMILES string of the molecule is CNC(C)(CCCCN1CCN(CC(C)C)CC1)C(=O)O. The van der Waals surface area contributed by atoms with Crippen molar-refractivity contribution < 1.29 is 9.90 Å². The van der Waals surface area contributed by atoms with E-state index in [4.69, 9.17) is 0 Å². The van der Waals surface area contributed by atoms with Crippen LogP contribution in [0.15, 0.2) is 0 Å². The molecule has 21 heavy (non-hydrogen) atoms. The molecule has 1 rings (SSSR count). The summed E-state index contributed by atoms with van der Waals surface area (Å²) in [5, 5.41) is 12.1. The third-order valence-electron chi connectivity index (χ3n) is 4.51. The summed E-state index contributed by atoms with van der Waals surface area (Å²) >= 11 is 0. The monoisotopic (exact) mass is 299 g/mol. The highest BCUT2D eigenvalue weighted by Crippen LogP contribution is 2.14. The molecule has 5 nitrogen and oxygen atoms in total. The van der Waals surface area contributed by atoms with E-state index in [2.05, 4.69) is 29.0 Å². The number of carbonyl (C=O) groups is 1. The van der Waals surface area contributed by atoms with Crippen molar-refractivity contribution in [3.8, 4) is 0 Å². The average Bonchev–Trinajstić information content (AvgIpc) is 2.44. The van der Waals surface area contributed by atoms with Gasteiger partial charge in [0, 0.05) is 32.7 Å². The van der Waals surface area contributed by atoms with Crippen LogP contribution < -0.4 is 5.32 Å². The van der Waals surface area contributed by atoms with E-state index < -0.39 is 11.5 Å². The summed E-state index contributed by atoms with van der Waals surface area (Å²) in [6.07, 6.45) is 2.72. The molecule has 0 aliphatic carbocycles. The van der Waals surface area contributed by atoms with Crippen molar-refractivity contribution in [2.75, 3.05) is 46.3 Å². The highest BCUT2D eigenvalue weighted by molar-refractivity contribution is 5.78. The Morgan fingerprint density at radius 3 is 2.24 bits per heavy atom. The van der Waals surface area contributed by atoms with E-state index in [9.17, 15) is 9.90 Å². The first kappa shape index (κ1) is 18.4. The van der Waals surface area contributed by atoms with Crippen molar-refractivity contribution in [3.05, 3.63) is 0 Å². The average molecular weight is 299 g/mol. The summed E-state index contributed by atoms with van der Waals surface area (Å²) in [6.45, 7) is 13.2. The van der Waals surface area contributed by atoms with Crippen LogP contribution in [0.5, 0.6) is 0 Å². The molecule has 1 unspecified atom stereocenters. The molecule has 1 atom stereocenters. The molecular formula is C16H33N3O2. The number of rotatable bonds is 9. The standard InChI is InChI=1S/C16H33N3O2/c1-14(2)13-19-11-9-18(10-12-19)8-6-5-7-16(3,17-4)15(20)21/h14,17H,5-13H2,1-4H3,(H,20,21). The van der Waals surface area contributed by atoms with Gasteiger partial charge in [0.05, 0.1) is 0 Å². The molecule has 1 aliphatic rings. The Kier molecular flexibility index (Phi) is 7.63. The summed E-state index contributed by atoms with van der Waals surface area (Å²) in [4.78, 5) is 16.2.